The van der Waals surface area contributed by atoms with E-state index in [1.165, 1.54) is 5.56 Å². The van der Waals surface area contributed by atoms with Gasteiger partial charge in [-0.15, -0.1) is 0 Å². The van der Waals surface area contributed by atoms with Crippen LogP contribution in [0.2, 0.25) is 0 Å². The van der Waals surface area contributed by atoms with Crippen LogP contribution in [0.1, 0.15) is 31.4 Å². The smallest absolute Gasteiger partial charge is 0.223 e. The van der Waals surface area contributed by atoms with Crippen LogP contribution in [-0.4, -0.2) is 43.6 Å². The van der Waals surface area contributed by atoms with E-state index in [1.807, 2.05) is 19.1 Å². The highest BCUT2D eigenvalue weighted by Crippen LogP contribution is 2.20. The molecule has 0 spiro atoms. The molecule has 4 heteroatoms. The summed E-state index contributed by atoms with van der Waals surface area (Å²) >= 11 is 0. The molecule has 118 valence electrons. The Bertz CT molecular complexity index is 442. The quantitative estimate of drug-likeness (QED) is 0.760. The van der Waals surface area contributed by atoms with Gasteiger partial charge in [-0.3, -0.25) is 4.79 Å². The maximum Gasteiger partial charge on any atom is 0.223 e. The Kier molecular flexibility index (Phi) is 7.83. The summed E-state index contributed by atoms with van der Waals surface area (Å²) in [7, 11) is 0. The van der Waals surface area contributed by atoms with Crippen LogP contribution < -0.4 is 10.1 Å². The summed E-state index contributed by atoms with van der Waals surface area (Å²) in [5.41, 5.74) is 2.34. The zero-order valence-electron chi connectivity index (χ0n) is 13.7. The van der Waals surface area contributed by atoms with E-state index in [-0.39, 0.29) is 5.91 Å². The molecule has 0 aliphatic heterocycles. The third-order valence-corrected chi connectivity index (χ3v) is 3.79. The lowest BCUT2D eigenvalue weighted by atomic mass is 10.1. The standard InChI is InChI=1S/C17H28N2O2/c1-5-19(6-2)12-11-18-17(20)10-13-21-16-9-7-8-14(3)15(16)4/h7-9H,5-6,10-13H2,1-4H3,(H,18,20). The molecule has 0 fully saturated rings. The van der Waals surface area contributed by atoms with Gasteiger partial charge in [0.05, 0.1) is 13.0 Å². The number of rotatable bonds is 9. The minimum absolute atomic E-state index is 0.0486. The predicted octanol–water partition coefficient (Wildman–Crippen LogP) is 2.53. The molecule has 0 atom stereocenters. The normalized spacial score (nSPS) is 10.7. The van der Waals surface area contributed by atoms with Gasteiger partial charge >= 0.3 is 0 Å². The van der Waals surface area contributed by atoms with Crippen molar-refractivity contribution in [1.82, 2.24) is 10.2 Å². The molecule has 0 saturated heterocycles. The average Bonchev–Trinajstić information content (AvgIpc) is 2.48. The molecule has 0 bridgehead atoms. The molecule has 21 heavy (non-hydrogen) atoms. The summed E-state index contributed by atoms with van der Waals surface area (Å²) < 4.78 is 5.69. The molecule has 0 aromatic heterocycles. The topological polar surface area (TPSA) is 41.6 Å². The Morgan fingerprint density at radius 2 is 1.95 bits per heavy atom. The first-order chi connectivity index (χ1) is 10.1. The summed E-state index contributed by atoms with van der Waals surface area (Å²) in [4.78, 5) is 14.0. The first kappa shape index (κ1) is 17.5. The van der Waals surface area contributed by atoms with Gasteiger partial charge in [0.15, 0.2) is 0 Å². The Hall–Kier alpha value is -1.55. The van der Waals surface area contributed by atoms with E-state index in [4.69, 9.17) is 4.74 Å². The van der Waals surface area contributed by atoms with E-state index in [0.29, 0.717) is 19.6 Å². The predicted molar refractivity (Wildman–Crippen MR) is 86.8 cm³/mol. The number of nitrogens with one attached hydrogen (secondary N) is 1. The van der Waals surface area contributed by atoms with Gasteiger partial charge in [-0.05, 0) is 44.1 Å². The summed E-state index contributed by atoms with van der Waals surface area (Å²) in [6.45, 7) is 12.4. The van der Waals surface area contributed by atoms with Crippen molar-refractivity contribution in [1.29, 1.82) is 0 Å². The third kappa shape index (κ3) is 6.17. The van der Waals surface area contributed by atoms with Crippen LogP contribution >= 0.6 is 0 Å². The Morgan fingerprint density at radius 3 is 2.62 bits per heavy atom. The molecule has 0 radical (unpaired) electrons. The highest BCUT2D eigenvalue weighted by molar-refractivity contribution is 5.75. The molecule has 0 unspecified atom stereocenters. The lowest BCUT2D eigenvalue weighted by molar-refractivity contribution is -0.121. The molecule has 0 heterocycles. The van der Waals surface area contributed by atoms with E-state index in [9.17, 15) is 4.79 Å². The number of carbonyl (C=O) groups excluding carboxylic acids is 1. The van der Waals surface area contributed by atoms with Crippen molar-refractivity contribution in [3.8, 4) is 5.75 Å². The molecule has 1 rings (SSSR count). The molecule has 1 amide bonds. The van der Waals surface area contributed by atoms with Crippen molar-refractivity contribution in [2.45, 2.75) is 34.1 Å². The summed E-state index contributed by atoms with van der Waals surface area (Å²) in [5, 5.41) is 2.93. The maximum atomic E-state index is 11.7. The lowest BCUT2D eigenvalue weighted by Gasteiger charge is -2.18. The second kappa shape index (κ2) is 9.40. The highest BCUT2D eigenvalue weighted by Gasteiger charge is 2.05. The van der Waals surface area contributed by atoms with Crippen molar-refractivity contribution in [3.63, 3.8) is 0 Å². The number of nitrogens with zero attached hydrogens (tertiary/aromatic N) is 1. The van der Waals surface area contributed by atoms with E-state index in [1.54, 1.807) is 0 Å². The molecule has 0 aliphatic rings. The fourth-order valence-electron chi connectivity index (χ4n) is 2.12. The average molecular weight is 292 g/mol. The first-order valence-electron chi connectivity index (χ1n) is 7.76. The van der Waals surface area contributed by atoms with Gasteiger partial charge < -0.3 is 15.0 Å². The number of hydrogen-bond donors (Lipinski definition) is 1. The largest absolute Gasteiger partial charge is 0.493 e. The number of amides is 1. The van der Waals surface area contributed by atoms with Crippen LogP contribution in [0.4, 0.5) is 0 Å². The van der Waals surface area contributed by atoms with Crippen molar-refractivity contribution in [3.05, 3.63) is 29.3 Å². The first-order valence-corrected chi connectivity index (χ1v) is 7.76. The number of benzene rings is 1. The van der Waals surface area contributed by atoms with Crippen LogP contribution in [0, 0.1) is 13.8 Å². The van der Waals surface area contributed by atoms with Gasteiger partial charge in [0, 0.05) is 13.1 Å². The van der Waals surface area contributed by atoms with Gasteiger partial charge in [-0.2, -0.15) is 0 Å². The number of hydrogen-bond acceptors (Lipinski definition) is 3. The van der Waals surface area contributed by atoms with E-state index in [2.05, 4.69) is 37.1 Å². The van der Waals surface area contributed by atoms with Gasteiger partial charge in [0.2, 0.25) is 5.91 Å². The zero-order chi connectivity index (χ0) is 15.7. The van der Waals surface area contributed by atoms with Gasteiger partial charge in [-0.1, -0.05) is 26.0 Å². The van der Waals surface area contributed by atoms with E-state index in [0.717, 1.165) is 30.9 Å². The lowest BCUT2D eigenvalue weighted by Crippen LogP contribution is -2.35. The molecular weight excluding hydrogens is 264 g/mol. The number of carbonyl (C=O) groups is 1. The maximum absolute atomic E-state index is 11.7. The fraction of sp³-hybridized carbons (Fsp3) is 0.588. The van der Waals surface area contributed by atoms with Crippen LogP contribution in [0.3, 0.4) is 0 Å². The van der Waals surface area contributed by atoms with E-state index < -0.39 is 0 Å². The van der Waals surface area contributed by atoms with Gasteiger partial charge in [0.1, 0.15) is 5.75 Å². The monoisotopic (exact) mass is 292 g/mol. The van der Waals surface area contributed by atoms with Gasteiger partial charge in [0.25, 0.3) is 0 Å². The van der Waals surface area contributed by atoms with Crippen molar-refractivity contribution >= 4 is 5.91 Å². The second-order valence-corrected chi connectivity index (χ2v) is 5.17. The minimum Gasteiger partial charge on any atom is -0.493 e. The van der Waals surface area contributed by atoms with Crippen molar-refractivity contribution in [2.75, 3.05) is 32.8 Å². The summed E-state index contributed by atoms with van der Waals surface area (Å²) in [5.74, 6) is 0.915. The molecule has 0 aliphatic carbocycles. The van der Waals surface area contributed by atoms with E-state index >= 15 is 0 Å². The van der Waals surface area contributed by atoms with Gasteiger partial charge in [-0.25, -0.2) is 0 Å². The SMILES string of the molecule is CCN(CC)CCNC(=O)CCOc1cccc(C)c1C. The fourth-order valence-corrected chi connectivity index (χ4v) is 2.12. The van der Waals surface area contributed by atoms with Crippen molar-refractivity contribution < 1.29 is 9.53 Å². The number of likely N-dealkylation sites (N-methyl/N-ethyl adjacent to an activating group) is 1. The number of ether oxygens (including phenoxy) is 1. The van der Waals surface area contributed by atoms with Crippen LogP contribution in [0.25, 0.3) is 0 Å². The van der Waals surface area contributed by atoms with Crippen LogP contribution in [0.5, 0.6) is 5.75 Å². The second-order valence-electron chi connectivity index (χ2n) is 5.17. The van der Waals surface area contributed by atoms with Crippen LogP contribution in [-0.2, 0) is 4.79 Å². The van der Waals surface area contributed by atoms with Crippen LogP contribution in [0.15, 0.2) is 18.2 Å². The highest BCUT2D eigenvalue weighted by atomic mass is 16.5. The molecule has 0 saturated carbocycles. The third-order valence-electron chi connectivity index (χ3n) is 3.79. The zero-order valence-corrected chi connectivity index (χ0v) is 13.7. The molecule has 1 aromatic rings. The molecule has 4 nitrogen and oxygen atoms in total. The minimum atomic E-state index is 0.0486. The molecule has 1 aromatic carbocycles. The number of aryl methyl sites for hydroxylation is 1. The summed E-state index contributed by atoms with van der Waals surface area (Å²) in [6, 6.07) is 5.98. The Labute approximate surface area is 128 Å². The Balaban J connectivity index is 2.23. The molecular formula is C17H28N2O2. The Morgan fingerprint density at radius 1 is 1.24 bits per heavy atom. The molecule has 1 N–H and O–H groups in total. The van der Waals surface area contributed by atoms with Crippen molar-refractivity contribution in [2.24, 2.45) is 0 Å². The summed E-state index contributed by atoms with van der Waals surface area (Å²) in [6.07, 6.45) is 0.394.